The van der Waals surface area contributed by atoms with Crippen molar-refractivity contribution in [3.63, 3.8) is 0 Å². The molecule has 1 N–H and O–H groups in total. The van der Waals surface area contributed by atoms with Gasteiger partial charge in [0.05, 0.1) is 15.9 Å². The van der Waals surface area contributed by atoms with Crippen LogP contribution in [0.5, 0.6) is 0 Å². The van der Waals surface area contributed by atoms with Crippen LogP contribution in [0.3, 0.4) is 0 Å². The Labute approximate surface area is 118 Å². The summed E-state index contributed by atoms with van der Waals surface area (Å²) in [6.07, 6.45) is 0. The molecular weight excluding hydrogens is 237 g/mol. The summed E-state index contributed by atoms with van der Waals surface area (Å²) in [6, 6.07) is 9.69. The van der Waals surface area contributed by atoms with E-state index in [0.29, 0.717) is 0 Å². The normalized spacial score (nSPS) is 12.9. The largest absolute Gasteiger partial charge is 1.00 e. The van der Waals surface area contributed by atoms with Gasteiger partial charge in [0.15, 0.2) is 0 Å². The Bertz CT molecular complexity index is 394. The van der Waals surface area contributed by atoms with Gasteiger partial charge >= 0.3 is 29.6 Å². The summed E-state index contributed by atoms with van der Waals surface area (Å²) in [5.41, 5.74) is 1.07. The molecule has 0 bridgehead atoms. The number of nitrogens with one attached hydrogen (secondary N) is 1. The average molecular weight is 251 g/mol. The van der Waals surface area contributed by atoms with Crippen molar-refractivity contribution in [1.29, 1.82) is 0 Å². The first kappa shape index (κ1) is 16.1. The zero-order valence-electron chi connectivity index (χ0n) is 9.51. The molecule has 0 fully saturated rings. The Hall–Kier alpha value is 0.0900. The zero-order chi connectivity index (χ0) is 11.3. The summed E-state index contributed by atoms with van der Waals surface area (Å²) in [6.45, 7) is 2.11. The maximum atomic E-state index is 10.4. The number of benzene rings is 1. The summed E-state index contributed by atoms with van der Waals surface area (Å²) < 4.78 is 31.1. The van der Waals surface area contributed by atoms with Crippen LogP contribution >= 0.6 is 0 Å². The van der Waals surface area contributed by atoms with E-state index in [2.05, 4.69) is 5.32 Å². The molecule has 0 aliphatic rings. The molecule has 84 valence electrons. The summed E-state index contributed by atoms with van der Waals surface area (Å²) in [5.74, 6) is -0.371. The summed E-state index contributed by atoms with van der Waals surface area (Å²) in [5, 5.41) is 2.98. The van der Waals surface area contributed by atoms with E-state index >= 15 is 0 Å². The fraction of sp³-hybridized carbons (Fsp3) is 0.400. The molecule has 0 radical (unpaired) electrons. The summed E-state index contributed by atoms with van der Waals surface area (Å²) >= 11 is 0. The van der Waals surface area contributed by atoms with Crippen molar-refractivity contribution in [2.75, 3.05) is 12.3 Å². The smallest absolute Gasteiger partial charge is 0.748 e. The number of rotatable bonds is 5. The van der Waals surface area contributed by atoms with Crippen LogP contribution in [0.15, 0.2) is 30.3 Å². The van der Waals surface area contributed by atoms with Crippen LogP contribution in [0.25, 0.3) is 0 Å². The SMILES string of the molecule is C[C@@H](NCCS(=O)(=O)[O-])c1ccccc1.[Na+]. The van der Waals surface area contributed by atoms with E-state index in [1.807, 2.05) is 37.3 Å². The van der Waals surface area contributed by atoms with Gasteiger partial charge in [0.25, 0.3) is 0 Å². The van der Waals surface area contributed by atoms with Crippen molar-refractivity contribution in [1.82, 2.24) is 5.32 Å². The first-order valence-electron chi connectivity index (χ1n) is 4.71. The molecule has 6 heteroatoms. The molecule has 1 aromatic carbocycles. The minimum atomic E-state index is -4.11. The number of hydrogen-bond donors (Lipinski definition) is 1. The second-order valence-electron chi connectivity index (χ2n) is 3.35. The molecule has 1 atom stereocenters. The third-order valence-corrected chi connectivity index (χ3v) is 2.81. The molecule has 0 spiro atoms. The molecule has 4 nitrogen and oxygen atoms in total. The first-order chi connectivity index (χ1) is 6.99. The van der Waals surface area contributed by atoms with Crippen molar-refractivity contribution in [2.45, 2.75) is 13.0 Å². The van der Waals surface area contributed by atoms with Crippen molar-refractivity contribution in [2.24, 2.45) is 0 Å². The monoisotopic (exact) mass is 251 g/mol. The Balaban J connectivity index is 0.00000225. The summed E-state index contributed by atoms with van der Waals surface area (Å²) in [4.78, 5) is 0. The van der Waals surface area contributed by atoms with E-state index in [9.17, 15) is 13.0 Å². The third-order valence-electron chi connectivity index (χ3n) is 2.10. The van der Waals surface area contributed by atoms with Crippen LogP contribution in [-0.4, -0.2) is 25.3 Å². The Morgan fingerprint density at radius 1 is 1.31 bits per heavy atom. The maximum Gasteiger partial charge on any atom is 1.00 e. The van der Waals surface area contributed by atoms with E-state index in [4.69, 9.17) is 0 Å². The van der Waals surface area contributed by atoms with Gasteiger partial charge in [0.2, 0.25) is 0 Å². The van der Waals surface area contributed by atoms with E-state index < -0.39 is 10.1 Å². The van der Waals surface area contributed by atoms with Gasteiger partial charge in [-0.15, -0.1) is 0 Å². The van der Waals surface area contributed by atoms with Crippen molar-refractivity contribution < 1.29 is 42.5 Å². The Morgan fingerprint density at radius 2 is 1.88 bits per heavy atom. The molecular formula is C10H14NNaO3S. The summed E-state index contributed by atoms with van der Waals surface area (Å²) in [7, 11) is -4.11. The molecule has 0 aliphatic heterocycles. The van der Waals surface area contributed by atoms with Gasteiger partial charge in [-0.1, -0.05) is 30.3 Å². The molecule has 0 aromatic heterocycles. The molecule has 0 heterocycles. The van der Waals surface area contributed by atoms with Gasteiger partial charge in [-0.2, -0.15) is 0 Å². The fourth-order valence-electron chi connectivity index (χ4n) is 1.26. The minimum absolute atomic E-state index is 0. The molecule has 0 saturated carbocycles. The standard InChI is InChI=1S/C10H15NO3S.Na/c1-9(10-5-3-2-4-6-10)11-7-8-15(12,13)14;/h2-6,9,11H,7-8H2,1H3,(H,12,13,14);/q;+1/p-1/t9-;/m1./s1. The van der Waals surface area contributed by atoms with Gasteiger partial charge < -0.3 is 9.87 Å². The van der Waals surface area contributed by atoms with Gasteiger partial charge in [-0.25, -0.2) is 8.42 Å². The van der Waals surface area contributed by atoms with Crippen LogP contribution in [-0.2, 0) is 10.1 Å². The van der Waals surface area contributed by atoms with Crippen molar-refractivity contribution >= 4 is 10.1 Å². The van der Waals surface area contributed by atoms with E-state index in [1.165, 1.54) is 0 Å². The first-order valence-corrected chi connectivity index (χ1v) is 6.28. The van der Waals surface area contributed by atoms with Gasteiger partial charge in [-0.3, -0.25) is 0 Å². The third kappa shape index (κ3) is 6.62. The van der Waals surface area contributed by atoms with Crippen LogP contribution in [0.1, 0.15) is 18.5 Å². The molecule has 1 aromatic rings. The molecule has 16 heavy (non-hydrogen) atoms. The van der Waals surface area contributed by atoms with Gasteiger partial charge in [0.1, 0.15) is 0 Å². The average Bonchev–Trinajstić information content (AvgIpc) is 2.17. The van der Waals surface area contributed by atoms with Crippen LogP contribution in [0.4, 0.5) is 0 Å². The van der Waals surface area contributed by atoms with Crippen LogP contribution in [0.2, 0.25) is 0 Å². The maximum absolute atomic E-state index is 10.4. The van der Waals surface area contributed by atoms with Crippen LogP contribution < -0.4 is 34.9 Å². The van der Waals surface area contributed by atoms with Gasteiger partial charge in [0, 0.05) is 12.6 Å². The van der Waals surface area contributed by atoms with Crippen molar-refractivity contribution in [3.05, 3.63) is 35.9 Å². The van der Waals surface area contributed by atoms with Gasteiger partial charge in [-0.05, 0) is 12.5 Å². The zero-order valence-corrected chi connectivity index (χ0v) is 12.3. The van der Waals surface area contributed by atoms with Crippen molar-refractivity contribution in [3.8, 4) is 0 Å². The number of hydrogen-bond acceptors (Lipinski definition) is 4. The Kier molecular flexibility index (Phi) is 7.46. The second kappa shape index (κ2) is 7.42. The quantitative estimate of drug-likeness (QED) is 0.480. The predicted octanol–water partition coefficient (Wildman–Crippen LogP) is -2.11. The van der Waals surface area contributed by atoms with E-state index in [1.54, 1.807) is 0 Å². The fourth-order valence-corrected chi connectivity index (χ4v) is 1.63. The van der Waals surface area contributed by atoms with E-state index in [-0.39, 0.29) is 47.9 Å². The molecule has 0 aliphatic carbocycles. The molecule has 1 rings (SSSR count). The molecule has 0 amide bonds. The predicted molar refractivity (Wildman–Crippen MR) is 57.4 cm³/mol. The van der Waals surface area contributed by atoms with Crippen LogP contribution in [0, 0.1) is 0 Å². The Morgan fingerprint density at radius 3 is 2.38 bits per heavy atom. The topological polar surface area (TPSA) is 69.2 Å². The van der Waals surface area contributed by atoms with E-state index in [0.717, 1.165) is 5.56 Å². The minimum Gasteiger partial charge on any atom is -0.748 e. The molecule has 0 unspecified atom stereocenters. The molecule has 0 saturated heterocycles. The second-order valence-corrected chi connectivity index (χ2v) is 4.87.